The van der Waals surface area contributed by atoms with Gasteiger partial charge >= 0.3 is 6.18 Å². The molecule has 124 valence electrons. The number of nitriles is 1. The molecule has 3 nitrogen and oxygen atoms in total. The van der Waals surface area contributed by atoms with E-state index in [4.69, 9.17) is 0 Å². The third-order valence-corrected chi connectivity index (χ3v) is 5.10. The van der Waals surface area contributed by atoms with Crippen LogP contribution in [0.1, 0.15) is 36.8 Å². The molecule has 7 heteroatoms. The van der Waals surface area contributed by atoms with E-state index in [1.54, 1.807) is 18.7 Å². The standard InChI is InChI=1S/C16H17F3N2OS/c1-11(12-2-4-13(5-3-12)16(17,18)19)8-14(22)21-15(9-20)6-7-23-10-15/h2-5,11H,6-8,10H2,1H3,(H,21,22)/t11-,15+/m0/s1. The summed E-state index contributed by atoms with van der Waals surface area (Å²) in [5, 5.41) is 12.0. The number of nitrogens with one attached hydrogen (secondary N) is 1. The molecule has 1 amide bonds. The van der Waals surface area contributed by atoms with E-state index in [1.165, 1.54) is 12.1 Å². The van der Waals surface area contributed by atoms with Crippen LogP contribution in [0.4, 0.5) is 13.2 Å². The minimum absolute atomic E-state index is 0.138. The third-order valence-electron chi connectivity index (χ3n) is 3.91. The van der Waals surface area contributed by atoms with Crippen molar-refractivity contribution in [1.82, 2.24) is 5.32 Å². The van der Waals surface area contributed by atoms with Crippen LogP contribution in [-0.4, -0.2) is 23.0 Å². The van der Waals surface area contributed by atoms with E-state index in [0.29, 0.717) is 17.7 Å². The van der Waals surface area contributed by atoms with Crippen molar-refractivity contribution in [3.63, 3.8) is 0 Å². The van der Waals surface area contributed by atoms with Crippen LogP contribution in [0.25, 0.3) is 0 Å². The molecule has 1 fully saturated rings. The molecule has 0 radical (unpaired) electrons. The monoisotopic (exact) mass is 342 g/mol. The lowest BCUT2D eigenvalue weighted by atomic mass is 9.95. The summed E-state index contributed by atoms with van der Waals surface area (Å²) >= 11 is 1.62. The van der Waals surface area contributed by atoms with Gasteiger partial charge in [0.15, 0.2) is 0 Å². The van der Waals surface area contributed by atoms with Crippen molar-refractivity contribution in [3.8, 4) is 6.07 Å². The normalized spacial score (nSPS) is 22.4. The Balaban J connectivity index is 1.97. The van der Waals surface area contributed by atoms with Gasteiger partial charge in [0.25, 0.3) is 0 Å². The quantitative estimate of drug-likeness (QED) is 0.907. The van der Waals surface area contributed by atoms with Gasteiger partial charge in [0.2, 0.25) is 5.91 Å². The highest BCUT2D eigenvalue weighted by Crippen LogP contribution is 2.31. The van der Waals surface area contributed by atoms with E-state index in [0.717, 1.165) is 17.9 Å². The third kappa shape index (κ3) is 4.41. The van der Waals surface area contributed by atoms with Gasteiger partial charge in [-0.1, -0.05) is 19.1 Å². The number of carbonyl (C=O) groups is 1. The molecule has 1 saturated heterocycles. The summed E-state index contributed by atoms with van der Waals surface area (Å²) in [4.78, 5) is 12.1. The highest BCUT2D eigenvalue weighted by atomic mass is 32.2. The Kier molecular flexibility index (Phi) is 5.25. The van der Waals surface area contributed by atoms with Crippen LogP contribution in [0.3, 0.4) is 0 Å². The molecule has 2 atom stereocenters. The van der Waals surface area contributed by atoms with Crippen molar-refractivity contribution < 1.29 is 18.0 Å². The van der Waals surface area contributed by atoms with Gasteiger partial charge in [0, 0.05) is 12.2 Å². The van der Waals surface area contributed by atoms with Gasteiger partial charge in [-0.25, -0.2) is 0 Å². The Hall–Kier alpha value is -1.68. The number of halogens is 3. The SMILES string of the molecule is C[C@@H](CC(=O)N[C@@]1(C#N)CCSC1)c1ccc(C(F)(F)F)cc1. The molecule has 1 heterocycles. The Morgan fingerprint density at radius 2 is 2.09 bits per heavy atom. The minimum Gasteiger partial charge on any atom is -0.337 e. The summed E-state index contributed by atoms with van der Waals surface area (Å²) in [6.45, 7) is 1.78. The van der Waals surface area contributed by atoms with E-state index in [-0.39, 0.29) is 18.2 Å². The Morgan fingerprint density at radius 1 is 1.43 bits per heavy atom. The molecular formula is C16H17F3N2OS. The Bertz CT molecular complexity index is 601. The van der Waals surface area contributed by atoms with Crippen molar-refractivity contribution >= 4 is 17.7 Å². The van der Waals surface area contributed by atoms with Gasteiger partial charge in [-0.2, -0.15) is 30.2 Å². The van der Waals surface area contributed by atoms with Crippen molar-refractivity contribution in [2.24, 2.45) is 0 Å². The van der Waals surface area contributed by atoms with Crippen LogP contribution in [0.5, 0.6) is 0 Å². The Morgan fingerprint density at radius 3 is 2.57 bits per heavy atom. The lowest BCUT2D eigenvalue weighted by Gasteiger charge is -2.22. The van der Waals surface area contributed by atoms with Gasteiger partial charge in [0.1, 0.15) is 5.54 Å². The highest BCUT2D eigenvalue weighted by Gasteiger charge is 2.36. The summed E-state index contributed by atoms with van der Waals surface area (Å²) in [5.41, 5.74) is -0.842. The van der Waals surface area contributed by atoms with E-state index in [2.05, 4.69) is 11.4 Å². The predicted molar refractivity (Wildman–Crippen MR) is 82.9 cm³/mol. The molecule has 0 saturated carbocycles. The first-order valence-corrected chi connectivity index (χ1v) is 8.38. The number of alkyl halides is 3. The fourth-order valence-corrected chi connectivity index (χ4v) is 3.76. The number of nitrogens with zero attached hydrogens (tertiary/aromatic N) is 1. The molecule has 1 aliphatic rings. The molecule has 0 spiro atoms. The van der Waals surface area contributed by atoms with Gasteiger partial charge in [-0.3, -0.25) is 4.79 Å². The Labute approximate surface area is 137 Å². The van der Waals surface area contributed by atoms with Gasteiger partial charge in [0.05, 0.1) is 11.6 Å². The number of thioether (sulfide) groups is 1. The molecular weight excluding hydrogens is 325 g/mol. The predicted octanol–water partition coefficient (Wildman–Crippen LogP) is 3.71. The average molecular weight is 342 g/mol. The second-order valence-corrected chi connectivity index (χ2v) is 6.87. The first-order valence-electron chi connectivity index (χ1n) is 7.23. The molecule has 1 N–H and O–H groups in total. The van der Waals surface area contributed by atoms with Gasteiger partial charge in [-0.15, -0.1) is 0 Å². The van der Waals surface area contributed by atoms with Crippen LogP contribution < -0.4 is 5.32 Å². The minimum atomic E-state index is -4.36. The maximum atomic E-state index is 12.5. The molecule has 0 unspecified atom stereocenters. The smallest absolute Gasteiger partial charge is 0.337 e. The maximum absolute atomic E-state index is 12.5. The zero-order valence-corrected chi connectivity index (χ0v) is 13.4. The van der Waals surface area contributed by atoms with Crippen LogP contribution in [0.15, 0.2) is 24.3 Å². The van der Waals surface area contributed by atoms with Gasteiger partial charge in [-0.05, 0) is 35.8 Å². The van der Waals surface area contributed by atoms with Crippen molar-refractivity contribution in [2.45, 2.75) is 37.4 Å². The average Bonchev–Trinajstić information content (AvgIpc) is 2.95. The zero-order valence-electron chi connectivity index (χ0n) is 12.6. The first kappa shape index (κ1) is 17.7. The lowest BCUT2D eigenvalue weighted by Crippen LogP contribution is -2.47. The van der Waals surface area contributed by atoms with Crippen LogP contribution in [0.2, 0.25) is 0 Å². The molecule has 0 aliphatic carbocycles. The second-order valence-electron chi connectivity index (χ2n) is 5.77. The molecule has 1 aromatic rings. The van der Waals surface area contributed by atoms with E-state index in [1.807, 2.05) is 0 Å². The van der Waals surface area contributed by atoms with Crippen LogP contribution >= 0.6 is 11.8 Å². The summed E-state index contributed by atoms with van der Waals surface area (Å²) < 4.78 is 37.6. The molecule has 1 aromatic carbocycles. The second kappa shape index (κ2) is 6.83. The number of rotatable bonds is 4. The van der Waals surface area contributed by atoms with E-state index < -0.39 is 17.3 Å². The molecule has 0 bridgehead atoms. The zero-order chi connectivity index (χ0) is 17.1. The van der Waals surface area contributed by atoms with Crippen LogP contribution in [0, 0.1) is 11.3 Å². The summed E-state index contributed by atoms with van der Waals surface area (Å²) in [6.07, 6.45) is -3.60. The van der Waals surface area contributed by atoms with Gasteiger partial charge < -0.3 is 5.32 Å². The molecule has 1 aliphatic heterocycles. The molecule has 0 aromatic heterocycles. The fourth-order valence-electron chi connectivity index (χ4n) is 2.49. The number of carbonyl (C=O) groups excluding carboxylic acids is 1. The van der Waals surface area contributed by atoms with E-state index in [9.17, 15) is 23.2 Å². The number of hydrogen-bond donors (Lipinski definition) is 1. The number of hydrogen-bond acceptors (Lipinski definition) is 3. The van der Waals surface area contributed by atoms with Crippen molar-refractivity contribution in [1.29, 1.82) is 5.26 Å². The molecule has 23 heavy (non-hydrogen) atoms. The van der Waals surface area contributed by atoms with E-state index >= 15 is 0 Å². The summed E-state index contributed by atoms with van der Waals surface area (Å²) in [6, 6.07) is 7.00. The highest BCUT2D eigenvalue weighted by molar-refractivity contribution is 7.99. The van der Waals surface area contributed by atoms with Crippen molar-refractivity contribution in [3.05, 3.63) is 35.4 Å². The first-order chi connectivity index (χ1) is 10.8. The fraction of sp³-hybridized carbons (Fsp3) is 0.500. The number of amides is 1. The summed E-state index contributed by atoms with van der Waals surface area (Å²) in [5.74, 6) is 0.940. The lowest BCUT2D eigenvalue weighted by molar-refractivity contribution is -0.137. The maximum Gasteiger partial charge on any atom is 0.416 e. The topological polar surface area (TPSA) is 52.9 Å². The summed E-state index contributed by atoms with van der Waals surface area (Å²) in [7, 11) is 0. The number of benzene rings is 1. The van der Waals surface area contributed by atoms with Crippen molar-refractivity contribution in [2.75, 3.05) is 11.5 Å². The largest absolute Gasteiger partial charge is 0.416 e. The molecule has 2 rings (SSSR count). The van der Waals surface area contributed by atoms with Crippen LogP contribution in [-0.2, 0) is 11.0 Å².